The maximum Gasteiger partial charge on any atom is 0.0253 e. The Labute approximate surface area is 126 Å². The van der Waals surface area contributed by atoms with E-state index in [-0.39, 0.29) is 0 Å². The van der Waals surface area contributed by atoms with Gasteiger partial charge in [-0.05, 0) is 55.9 Å². The number of hydrogen-bond acceptors (Lipinski definition) is 2. The predicted molar refractivity (Wildman–Crippen MR) is 87.7 cm³/mol. The second kappa shape index (κ2) is 6.36. The molecule has 4 atom stereocenters. The molecular weight excluding hydrogens is 244 g/mol. The molecule has 2 nitrogen and oxygen atoms in total. The van der Waals surface area contributed by atoms with Gasteiger partial charge in [-0.2, -0.15) is 0 Å². The zero-order valence-electron chi connectivity index (χ0n) is 14.4. The van der Waals surface area contributed by atoms with Crippen LogP contribution in [0.2, 0.25) is 0 Å². The molecule has 0 bridgehead atoms. The molecule has 4 unspecified atom stereocenters. The Balaban J connectivity index is 2.09. The Kier molecular flexibility index (Phi) is 5.18. The molecule has 118 valence electrons. The third-order valence-corrected chi connectivity index (χ3v) is 6.42. The normalized spacial score (nSPS) is 36.8. The molecule has 2 N–H and O–H groups in total. The second-order valence-corrected chi connectivity index (χ2v) is 8.27. The highest BCUT2D eigenvalue weighted by atomic mass is 15.2. The van der Waals surface area contributed by atoms with Gasteiger partial charge in [0.1, 0.15) is 0 Å². The van der Waals surface area contributed by atoms with Gasteiger partial charge in [-0.3, -0.25) is 4.90 Å². The van der Waals surface area contributed by atoms with E-state index >= 15 is 0 Å². The van der Waals surface area contributed by atoms with Crippen LogP contribution in [0.1, 0.15) is 73.1 Å². The fourth-order valence-electron chi connectivity index (χ4n) is 4.49. The van der Waals surface area contributed by atoms with Crippen molar-refractivity contribution < 1.29 is 0 Å². The summed E-state index contributed by atoms with van der Waals surface area (Å²) in [5, 5.41) is 0. The van der Waals surface area contributed by atoms with Crippen LogP contribution in [0, 0.1) is 17.3 Å². The van der Waals surface area contributed by atoms with Crippen molar-refractivity contribution >= 4 is 0 Å². The van der Waals surface area contributed by atoms with Crippen LogP contribution in [-0.2, 0) is 0 Å². The van der Waals surface area contributed by atoms with Crippen molar-refractivity contribution in [3.8, 4) is 0 Å². The molecule has 0 aromatic heterocycles. The molecule has 1 saturated carbocycles. The minimum Gasteiger partial charge on any atom is -0.326 e. The fourth-order valence-corrected chi connectivity index (χ4v) is 4.49. The van der Waals surface area contributed by atoms with Crippen molar-refractivity contribution in [2.24, 2.45) is 23.0 Å². The quantitative estimate of drug-likeness (QED) is 0.842. The molecule has 1 heterocycles. The van der Waals surface area contributed by atoms with Gasteiger partial charge in [0.05, 0.1) is 0 Å². The lowest BCUT2D eigenvalue weighted by Crippen LogP contribution is -2.55. The molecule has 2 rings (SSSR count). The van der Waals surface area contributed by atoms with Crippen LogP contribution in [0.4, 0.5) is 0 Å². The van der Waals surface area contributed by atoms with E-state index in [2.05, 4.69) is 39.5 Å². The standard InChI is InChI=1S/C18H36N2/c1-6-18(4,5)14-9-10-15(19)17(12-14)20-11-7-8-16(20)13(2)3/h13-17H,6-12,19H2,1-5H3. The summed E-state index contributed by atoms with van der Waals surface area (Å²) in [5.41, 5.74) is 7.00. The van der Waals surface area contributed by atoms with Crippen LogP contribution in [0.3, 0.4) is 0 Å². The van der Waals surface area contributed by atoms with Crippen LogP contribution in [-0.4, -0.2) is 29.6 Å². The molecule has 1 aliphatic carbocycles. The molecule has 20 heavy (non-hydrogen) atoms. The summed E-state index contributed by atoms with van der Waals surface area (Å²) in [4.78, 5) is 2.78. The maximum atomic E-state index is 6.53. The minimum absolute atomic E-state index is 0.401. The Morgan fingerprint density at radius 3 is 2.50 bits per heavy atom. The summed E-state index contributed by atoms with van der Waals surface area (Å²) >= 11 is 0. The molecule has 1 aliphatic heterocycles. The average molecular weight is 280 g/mol. The first kappa shape index (κ1) is 16.3. The molecule has 2 aliphatic rings. The van der Waals surface area contributed by atoms with E-state index in [9.17, 15) is 0 Å². The van der Waals surface area contributed by atoms with Gasteiger partial charge in [0, 0.05) is 18.1 Å². The summed E-state index contributed by atoms with van der Waals surface area (Å²) < 4.78 is 0. The summed E-state index contributed by atoms with van der Waals surface area (Å²) in [6.45, 7) is 13.3. The maximum absolute atomic E-state index is 6.53. The third-order valence-electron chi connectivity index (χ3n) is 6.42. The number of rotatable bonds is 4. The van der Waals surface area contributed by atoms with E-state index in [0.29, 0.717) is 17.5 Å². The molecular formula is C18H36N2. The summed E-state index contributed by atoms with van der Waals surface area (Å²) in [7, 11) is 0. The highest BCUT2D eigenvalue weighted by Crippen LogP contribution is 2.43. The zero-order chi connectivity index (χ0) is 14.9. The van der Waals surface area contributed by atoms with Crippen molar-refractivity contribution in [3.05, 3.63) is 0 Å². The van der Waals surface area contributed by atoms with E-state index in [1.54, 1.807) is 0 Å². The van der Waals surface area contributed by atoms with Crippen LogP contribution >= 0.6 is 0 Å². The fraction of sp³-hybridized carbons (Fsp3) is 1.00. The SMILES string of the molecule is CCC(C)(C)C1CCC(N)C(N2CCCC2C(C)C)C1. The lowest BCUT2D eigenvalue weighted by atomic mass is 9.67. The first-order valence-electron chi connectivity index (χ1n) is 8.88. The number of nitrogens with zero attached hydrogens (tertiary/aromatic N) is 1. The molecule has 0 radical (unpaired) electrons. The number of hydrogen-bond donors (Lipinski definition) is 1. The summed E-state index contributed by atoms with van der Waals surface area (Å²) in [6, 6.07) is 1.81. The lowest BCUT2D eigenvalue weighted by molar-refractivity contribution is 0.0432. The monoisotopic (exact) mass is 280 g/mol. The smallest absolute Gasteiger partial charge is 0.0253 e. The molecule has 0 amide bonds. The highest BCUT2D eigenvalue weighted by Gasteiger charge is 2.41. The van der Waals surface area contributed by atoms with Gasteiger partial charge in [0.25, 0.3) is 0 Å². The third kappa shape index (κ3) is 3.22. The van der Waals surface area contributed by atoms with Crippen molar-refractivity contribution in [1.29, 1.82) is 0 Å². The summed E-state index contributed by atoms with van der Waals surface area (Å²) in [6.07, 6.45) is 7.91. The van der Waals surface area contributed by atoms with Gasteiger partial charge >= 0.3 is 0 Å². The van der Waals surface area contributed by atoms with Gasteiger partial charge in [0.15, 0.2) is 0 Å². The second-order valence-electron chi connectivity index (χ2n) is 8.27. The Hall–Kier alpha value is -0.0800. The van der Waals surface area contributed by atoms with E-state index in [1.165, 1.54) is 45.1 Å². The van der Waals surface area contributed by atoms with Crippen molar-refractivity contribution in [1.82, 2.24) is 4.90 Å². The van der Waals surface area contributed by atoms with Gasteiger partial charge in [-0.1, -0.05) is 41.0 Å². The molecule has 2 heteroatoms. The predicted octanol–water partition coefficient (Wildman–Crippen LogP) is 4.04. The Morgan fingerprint density at radius 2 is 1.90 bits per heavy atom. The Bertz CT molecular complexity index is 311. The van der Waals surface area contributed by atoms with Gasteiger partial charge in [-0.15, -0.1) is 0 Å². The van der Waals surface area contributed by atoms with E-state index in [4.69, 9.17) is 5.73 Å². The average Bonchev–Trinajstić information content (AvgIpc) is 2.88. The van der Waals surface area contributed by atoms with Crippen LogP contribution in [0.5, 0.6) is 0 Å². The van der Waals surface area contributed by atoms with Gasteiger partial charge < -0.3 is 5.73 Å². The number of nitrogens with two attached hydrogens (primary N) is 1. The molecule has 1 saturated heterocycles. The Morgan fingerprint density at radius 1 is 1.20 bits per heavy atom. The molecule has 0 aromatic rings. The van der Waals surface area contributed by atoms with E-state index < -0.39 is 0 Å². The first-order chi connectivity index (χ1) is 9.36. The minimum atomic E-state index is 0.401. The van der Waals surface area contributed by atoms with E-state index in [1.807, 2.05) is 0 Å². The lowest BCUT2D eigenvalue weighted by Gasteiger charge is -2.47. The van der Waals surface area contributed by atoms with Crippen molar-refractivity contribution in [3.63, 3.8) is 0 Å². The van der Waals surface area contributed by atoms with Crippen molar-refractivity contribution in [2.45, 2.75) is 91.3 Å². The zero-order valence-corrected chi connectivity index (χ0v) is 14.4. The van der Waals surface area contributed by atoms with Crippen LogP contribution in [0.15, 0.2) is 0 Å². The van der Waals surface area contributed by atoms with Gasteiger partial charge in [-0.25, -0.2) is 0 Å². The van der Waals surface area contributed by atoms with E-state index in [0.717, 1.165) is 17.9 Å². The van der Waals surface area contributed by atoms with Crippen molar-refractivity contribution in [2.75, 3.05) is 6.54 Å². The number of likely N-dealkylation sites (tertiary alicyclic amines) is 1. The van der Waals surface area contributed by atoms with Crippen LogP contribution < -0.4 is 5.73 Å². The van der Waals surface area contributed by atoms with Gasteiger partial charge in [0.2, 0.25) is 0 Å². The molecule has 2 fully saturated rings. The first-order valence-corrected chi connectivity index (χ1v) is 8.88. The summed E-state index contributed by atoms with van der Waals surface area (Å²) in [5.74, 6) is 1.62. The van der Waals surface area contributed by atoms with Crippen LogP contribution in [0.25, 0.3) is 0 Å². The largest absolute Gasteiger partial charge is 0.326 e. The highest BCUT2D eigenvalue weighted by molar-refractivity contribution is 4.97. The topological polar surface area (TPSA) is 29.3 Å². The molecule has 0 aromatic carbocycles. The molecule has 0 spiro atoms.